The van der Waals surface area contributed by atoms with Gasteiger partial charge in [0.05, 0.1) is 0 Å². The molecule has 3 heteroatoms. The molecule has 0 aromatic heterocycles. The average Bonchev–Trinajstić information content (AvgIpc) is 2.15. The Labute approximate surface area is 88.1 Å². The first-order valence-electron chi connectivity index (χ1n) is 4.71. The van der Waals surface area contributed by atoms with Crippen molar-refractivity contribution in [3.63, 3.8) is 0 Å². The van der Waals surface area contributed by atoms with Crippen molar-refractivity contribution in [1.82, 2.24) is 0 Å². The van der Waals surface area contributed by atoms with Crippen LogP contribution >= 0.6 is 0 Å². The summed E-state index contributed by atoms with van der Waals surface area (Å²) in [4.78, 5) is 10.9. The number of benzene rings is 1. The van der Waals surface area contributed by atoms with Crippen LogP contribution in [-0.2, 0) is 4.79 Å². The van der Waals surface area contributed by atoms with Gasteiger partial charge < -0.3 is 5.11 Å². The second-order valence-corrected chi connectivity index (χ2v) is 3.61. The van der Waals surface area contributed by atoms with Crippen molar-refractivity contribution in [1.29, 1.82) is 0 Å². The molecule has 1 aromatic carbocycles. The van der Waals surface area contributed by atoms with Crippen LogP contribution < -0.4 is 0 Å². The van der Waals surface area contributed by atoms with Gasteiger partial charge in [-0.05, 0) is 29.7 Å². The molecule has 0 bridgehead atoms. The summed E-state index contributed by atoms with van der Waals surface area (Å²) < 4.78 is 12.6. The third kappa shape index (κ3) is 3.20. The van der Waals surface area contributed by atoms with E-state index in [1.807, 2.05) is 13.8 Å². The molecule has 0 aliphatic heterocycles. The maximum absolute atomic E-state index is 12.6. The Bertz CT molecular complexity index is 377. The molecule has 1 rings (SSSR count). The van der Waals surface area contributed by atoms with Crippen LogP contribution in [0.3, 0.4) is 0 Å². The SMILES string of the molecule is CC(C)/C(=C/c1ccc(F)cc1)C(=O)O. The number of carboxylic acids is 1. The molecule has 0 amide bonds. The highest BCUT2D eigenvalue weighted by atomic mass is 19.1. The van der Waals surface area contributed by atoms with Crippen LogP contribution in [0.5, 0.6) is 0 Å². The van der Waals surface area contributed by atoms with Gasteiger partial charge in [-0.1, -0.05) is 26.0 Å². The number of carboxylic acid groups (broad SMARTS) is 1. The lowest BCUT2D eigenvalue weighted by atomic mass is 10.0. The number of halogens is 1. The fraction of sp³-hybridized carbons (Fsp3) is 0.250. The maximum atomic E-state index is 12.6. The first-order chi connectivity index (χ1) is 7.00. The smallest absolute Gasteiger partial charge is 0.331 e. The summed E-state index contributed by atoms with van der Waals surface area (Å²) in [6.45, 7) is 3.62. The minimum absolute atomic E-state index is 0.0625. The van der Waals surface area contributed by atoms with E-state index in [-0.39, 0.29) is 11.7 Å². The van der Waals surface area contributed by atoms with E-state index in [0.717, 1.165) is 0 Å². The van der Waals surface area contributed by atoms with Gasteiger partial charge in [0.15, 0.2) is 0 Å². The van der Waals surface area contributed by atoms with E-state index in [1.54, 1.807) is 18.2 Å². The molecule has 1 aromatic rings. The number of carbonyl (C=O) groups is 1. The van der Waals surface area contributed by atoms with Crippen molar-refractivity contribution in [2.24, 2.45) is 5.92 Å². The molecule has 0 fully saturated rings. The molecular formula is C12H13FO2. The van der Waals surface area contributed by atoms with Crippen molar-refractivity contribution in [3.8, 4) is 0 Å². The van der Waals surface area contributed by atoms with Crippen LogP contribution in [0.25, 0.3) is 6.08 Å². The fourth-order valence-corrected chi connectivity index (χ4v) is 1.21. The van der Waals surface area contributed by atoms with E-state index < -0.39 is 5.97 Å². The number of rotatable bonds is 3. The van der Waals surface area contributed by atoms with Crippen molar-refractivity contribution < 1.29 is 14.3 Å². The summed E-state index contributed by atoms with van der Waals surface area (Å²) in [7, 11) is 0. The molecule has 0 heterocycles. The van der Waals surface area contributed by atoms with E-state index >= 15 is 0 Å². The van der Waals surface area contributed by atoms with Crippen LogP contribution in [0.15, 0.2) is 29.8 Å². The van der Waals surface area contributed by atoms with Gasteiger partial charge in [-0.25, -0.2) is 9.18 Å². The zero-order valence-electron chi connectivity index (χ0n) is 8.70. The predicted molar refractivity (Wildman–Crippen MR) is 56.9 cm³/mol. The maximum Gasteiger partial charge on any atom is 0.331 e. The van der Waals surface area contributed by atoms with Crippen LogP contribution in [0, 0.1) is 11.7 Å². The highest BCUT2D eigenvalue weighted by Gasteiger charge is 2.11. The van der Waals surface area contributed by atoms with E-state index in [9.17, 15) is 9.18 Å². The molecule has 15 heavy (non-hydrogen) atoms. The standard InChI is InChI=1S/C12H13FO2/c1-8(2)11(12(14)15)7-9-3-5-10(13)6-4-9/h3-8H,1-2H3,(H,14,15)/b11-7-. The van der Waals surface area contributed by atoms with Gasteiger partial charge in [-0.2, -0.15) is 0 Å². The first-order valence-corrected chi connectivity index (χ1v) is 4.71. The largest absolute Gasteiger partial charge is 0.478 e. The normalized spacial score (nSPS) is 11.9. The average molecular weight is 208 g/mol. The Morgan fingerprint density at radius 3 is 2.27 bits per heavy atom. The first kappa shape index (κ1) is 11.4. The summed E-state index contributed by atoms with van der Waals surface area (Å²) in [6.07, 6.45) is 1.56. The third-order valence-corrected chi connectivity index (χ3v) is 2.06. The monoisotopic (exact) mass is 208 g/mol. The predicted octanol–water partition coefficient (Wildman–Crippen LogP) is 2.95. The topological polar surface area (TPSA) is 37.3 Å². The Kier molecular flexibility index (Phi) is 3.61. The van der Waals surface area contributed by atoms with E-state index in [1.165, 1.54) is 12.1 Å². The summed E-state index contributed by atoms with van der Waals surface area (Å²) >= 11 is 0. The minimum atomic E-state index is -0.936. The van der Waals surface area contributed by atoms with Gasteiger partial charge in [0.25, 0.3) is 0 Å². The second-order valence-electron chi connectivity index (χ2n) is 3.61. The van der Waals surface area contributed by atoms with E-state index in [2.05, 4.69) is 0 Å². The van der Waals surface area contributed by atoms with E-state index in [4.69, 9.17) is 5.11 Å². The van der Waals surface area contributed by atoms with Crippen LogP contribution in [0.2, 0.25) is 0 Å². The zero-order chi connectivity index (χ0) is 11.4. The lowest BCUT2D eigenvalue weighted by Gasteiger charge is -2.05. The Hall–Kier alpha value is -1.64. The number of aliphatic carboxylic acids is 1. The van der Waals surface area contributed by atoms with Gasteiger partial charge >= 0.3 is 5.97 Å². The summed E-state index contributed by atoms with van der Waals surface area (Å²) in [5, 5.41) is 8.92. The molecule has 0 saturated carbocycles. The third-order valence-electron chi connectivity index (χ3n) is 2.06. The molecule has 2 nitrogen and oxygen atoms in total. The lowest BCUT2D eigenvalue weighted by molar-refractivity contribution is -0.133. The summed E-state index contributed by atoms with van der Waals surface area (Å²) in [6, 6.07) is 5.73. The Morgan fingerprint density at radius 2 is 1.87 bits per heavy atom. The number of hydrogen-bond acceptors (Lipinski definition) is 1. The minimum Gasteiger partial charge on any atom is -0.478 e. The Balaban J connectivity index is 3.02. The molecule has 0 saturated heterocycles. The van der Waals surface area contributed by atoms with Gasteiger partial charge in [0.2, 0.25) is 0 Å². The quantitative estimate of drug-likeness (QED) is 0.775. The Morgan fingerprint density at radius 1 is 1.33 bits per heavy atom. The summed E-state index contributed by atoms with van der Waals surface area (Å²) in [5.41, 5.74) is 1.02. The number of hydrogen-bond donors (Lipinski definition) is 1. The van der Waals surface area contributed by atoms with Crippen LogP contribution in [-0.4, -0.2) is 11.1 Å². The molecular weight excluding hydrogens is 195 g/mol. The van der Waals surface area contributed by atoms with Crippen molar-refractivity contribution in [2.75, 3.05) is 0 Å². The van der Waals surface area contributed by atoms with Gasteiger partial charge in [0, 0.05) is 5.57 Å². The van der Waals surface area contributed by atoms with Crippen molar-refractivity contribution in [3.05, 3.63) is 41.2 Å². The molecule has 80 valence electrons. The molecule has 0 spiro atoms. The van der Waals surface area contributed by atoms with Crippen LogP contribution in [0.1, 0.15) is 19.4 Å². The molecule has 1 N–H and O–H groups in total. The molecule has 0 unspecified atom stereocenters. The molecule has 0 atom stereocenters. The summed E-state index contributed by atoms with van der Waals surface area (Å²) in [5.74, 6) is -1.32. The van der Waals surface area contributed by atoms with Crippen molar-refractivity contribution in [2.45, 2.75) is 13.8 Å². The van der Waals surface area contributed by atoms with Crippen molar-refractivity contribution >= 4 is 12.0 Å². The van der Waals surface area contributed by atoms with E-state index in [0.29, 0.717) is 11.1 Å². The second kappa shape index (κ2) is 4.73. The molecule has 0 aliphatic rings. The fourth-order valence-electron chi connectivity index (χ4n) is 1.21. The molecule has 0 aliphatic carbocycles. The molecule has 0 radical (unpaired) electrons. The highest BCUT2D eigenvalue weighted by Crippen LogP contribution is 2.15. The van der Waals surface area contributed by atoms with Crippen LogP contribution in [0.4, 0.5) is 4.39 Å². The highest BCUT2D eigenvalue weighted by molar-refractivity contribution is 5.92. The van der Waals surface area contributed by atoms with Gasteiger partial charge in [-0.3, -0.25) is 0 Å². The lowest BCUT2D eigenvalue weighted by Crippen LogP contribution is -2.06. The van der Waals surface area contributed by atoms with Gasteiger partial charge in [-0.15, -0.1) is 0 Å². The van der Waals surface area contributed by atoms with Gasteiger partial charge in [0.1, 0.15) is 5.82 Å². The zero-order valence-corrected chi connectivity index (χ0v) is 8.70.